The summed E-state index contributed by atoms with van der Waals surface area (Å²) in [6.45, 7) is 2.16. The van der Waals surface area contributed by atoms with Crippen molar-refractivity contribution in [1.82, 2.24) is 9.88 Å². The summed E-state index contributed by atoms with van der Waals surface area (Å²) in [6.07, 6.45) is 7.62. The Hall–Kier alpha value is -0.600. The third kappa shape index (κ3) is 2.93. The number of piperidine rings is 1. The summed E-state index contributed by atoms with van der Waals surface area (Å²) >= 11 is 5.98. The number of pyridine rings is 1. The number of hydrogen-bond donors (Lipinski definition) is 0. The number of alkyl halides is 1. The molecular formula is C12H17ClN2. The maximum atomic E-state index is 5.98. The minimum Gasteiger partial charge on any atom is -0.295 e. The fourth-order valence-electron chi connectivity index (χ4n) is 2.17. The highest BCUT2D eigenvalue weighted by Crippen LogP contribution is 2.20. The van der Waals surface area contributed by atoms with E-state index in [0.29, 0.717) is 6.04 Å². The van der Waals surface area contributed by atoms with Crippen molar-refractivity contribution in [1.29, 1.82) is 0 Å². The van der Waals surface area contributed by atoms with E-state index in [4.69, 9.17) is 11.6 Å². The van der Waals surface area contributed by atoms with Crippen LogP contribution in [-0.2, 0) is 6.54 Å². The second-order valence-corrected chi connectivity index (χ2v) is 4.44. The maximum Gasteiger partial charge on any atom is 0.0379 e. The second kappa shape index (κ2) is 5.47. The zero-order valence-electron chi connectivity index (χ0n) is 8.90. The van der Waals surface area contributed by atoms with Crippen LogP contribution in [0.25, 0.3) is 0 Å². The monoisotopic (exact) mass is 224 g/mol. The topological polar surface area (TPSA) is 16.1 Å². The smallest absolute Gasteiger partial charge is 0.0379 e. The highest BCUT2D eigenvalue weighted by Gasteiger charge is 2.21. The summed E-state index contributed by atoms with van der Waals surface area (Å²) in [4.78, 5) is 6.62. The van der Waals surface area contributed by atoms with Crippen molar-refractivity contribution in [2.75, 3.05) is 12.4 Å². The molecule has 1 saturated heterocycles. The summed E-state index contributed by atoms with van der Waals surface area (Å²) in [5, 5.41) is 0. The van der Waals surface area contributed by atoms with Gasteiger partial charge in [0, 0.05) is 30.9 Å². The van der Waals surface area contributed by atoms with Gasteiger partial charge in [-0.2, -0.15) is 0 Å². The fraction of sp³-hybridized carbons (Fsp3) is 0.583. The lowest BCUT2D eigenvalue weighted by Gasteiger charge is -2.34. The molecule has 1 aromatic rings. The molecule has 1 aromatic heterocycles. The van der Waals surface area contributed by atoms with Gasteiger partial charge in [0.25, 0.3) is 0 Å². The number of hydrogen-bond acceptors (Lipinski definition) is 2. The van der Waals surface area contributed by atoms with Crippen LogP contribution in [0.5, 0.6) is 0 Å². The molecule has 15 heavy (non-hydrogen) atoms. The zero-order valence-corrected chi connectivity index (χ0v) is 9.66. The fourth-order valence-corrected chi connectivity index (χ4v) is 2.52. The van der Waals surface area contributed by atoms with Crippen LogP contribution in [0.4, 0.5) is 0 Å². The molecule has 0 spiro atoms. The van der Waals surface area contributed by atoms with Gasteiger partial charge in [0.15, 0.2) is 0 Å². The van der Waals surface area contributed by atoms with Gasteiger partial charge in [-0.1, -0.05) is 12.5 Å². The van der Waals surface area contributed by atoms with Gasteiger partial charge in [-0.25, -0.2) is 0 Å². The van der Waals surface area contributed by atoms with Gasteiger partial charge in [-0.3, -0.25) is 9.88 Å². The Morgan fingerprint density at radius 3 is 3.13 bits per heavy atom. The molecule has 1 unspecified atom stereocenters. The van der Waals surface area contributed by atoms with Crippen LogP contribution in [0.1, 0.15) is 24.8 Å². The molecule has 0 saturated carbocycles. The third-order valence-electron chi connectivity index (χ3n) is 3.04. The Morgan fingerprint density at radius 2 is 2.40 bits per heavy atom. The molecule has 1 aliphatic heterocycles. The quantitative estimate of drug-likeness (QED) is 0.734. The van der Waals surface area contributed by atoms with Crippen molar-refractivity contribution in [3.05, 3.63) is 30.1 Å². The lowest BCUT2D eigenvalue weighted by Crippen LogP contribution is -2.40. The molecule has 0 bridgehead atoms. The molecule has 0 aliphatic carbocycles. The van der Waals surface area contributed by atoms with Gasteiger partial charge in [0.1, 0.15) is 0 Å². The van der Waals surface area contributed by atoms with Gasteiger partial charge < -0.3 is 0 Å². The first-order chi connectivity index (χ1) is 7.40. The molecule has 2 heterocycles. The highest BCUT2D eigenvalue weighted by molar-refractivity contribution is 6.18. The molecular weight excluding hydrogens is 208 g/mol. The van der Waals surface area contributed by atoms with E-state index in [9.17, 15) is 0 Å². The largest absolute Gasteiger partial charge is 0.295 e. The summed E-state index contributed by atoms with van der Waals surface area (Å²) in [6, 6.07) is 4.68. The average Bonchev–Trinajstić information content (AvgIpc) is 2.31. The maximum absolute atomic E-state index is 5.98. The molecule has 2 nitrogen and oxygen atoms in total. The third-order valence-corrected chi connectivity index (χ3v) is 3.39. The first-order valence-corrected chi connectivity index (χ1v) is 6.12. The van der Waals surface area contributed by atoms with Crippen LogP contribution in [0, 0.1) is 0 Å². The highest BCUT2D eigenvalue weighted by atomic mass is 35.5. The van der Waals surface area contributed by atoms with E-state index >= 15 is 0 Å². The van der Waals surface area contributed by atoms with E-state index < -0.39 is 0 Å². The standard InChI is InChI=1S/C12H17ClN2/c13-8-12-5-1-2-7-15(12)10-11-4-3-6-14-9-11/h3-4,6,9,12H,1-2,5,7-8,10H2. The summed E-state index contributed by atoms with van der Waals surface area (Å²) < 4.78 is 0. The van der Waals surface area contributed by atoms with E-state index in [-0.39, 0.29) is 0 Å². The number of nitrogens with zero attached hydrogens (tertiary/aromatic N) is 2. The Labute approximate surface area is 96.3 Å². The van der Waals surface area contributed by atoms with Gasteiger partial charge >= 0.3 is 0 Å². The van der Waals surface area contributed by atoms with Crippen molar-refractivity contribution >= 4 is 11.6 Å². The van der Waals surface area contributed by atoms with Gasteiger partial charge in [-0.05, 0) is 31.0 Å². The van der Waals surface area contributed by atoms with Crippen LogP contribution >= 0.6 is 11.6 Å². The number of halogens is 1. The van der Waals surface area contributed by atoms with Crippen molar-refractivity contribution < 1.29 is 0 Å². The molecule has 1 aliphatic rings. The minimum atomic E-state index is 0.556. The average molecular weight is 225 g/mol. The normalized spacial score (nSPS) is 22.9. The van der Waals surface area contributed by atoms with Crippen molar-refractivity contribution in [3.63, 3.8) is 0 Å². The SMILES string of the molecule is ClCC1CCCCN1Cc1cccnc1. The van der Waals surface area contributed by atoms with E-state index in [2.05, 4.69) is 16.0 Å². The predicted octanol–water partition coefficient (Wildman–Crippen LogP) is 2.67. The van der Waals surface area contributed by atoms with E-state index in [1.807, 2.05) is 18.5 Å². The Kier molecular flexibility index (Phi) is 3.98. The molecule has 1 fully saturated rings. The first kappa shape index (κ1) is 10.9. The van der Waals surface area contributed by atoms with Gasteiger partial charge in [0.05, 0.1) is 0 Å². The van der Waals surface area contributed by atoms with Crippen molar-refractivity contribution in [3.8, 4) is 0 Å². The van der Waals surface area contributed by atoms with Crippen LogP contribution < -0.4 is 0 Å². The lowest BCUT2D eigenvalue weighted by atomic mass is 10.0. The summed E-state index contributed by atoms with van der Waals surface area (Å²) in [5.74, 6) is 0.750. The Morgan fingerprint density at radius 1 is 1.47 bits per heavy atom. The van der Waals surface area contributed by atoms with Gasteiger partial charge in [-0.15, -0.1) is 11.6 Å². The van der Waals surface area contributed by atoms with Gasteiger partial charge in [0.2, 0.25) is 0 Å². The van der Waals surface area contributed by atoms with Crippen molar-refractivity contribution in [2.24, 2.45) is 0 Å². The first-order valence-electron chi connectivity index (χ1n) is 5.59. The molecule has 0 amide bonds. The molecule has 82 valence electrons. The molecule has 0 radical (unpaired) electrons. The molecule has 0 aromatic carbocycles. The van der Waals surface area contributed by atoms with Crippen LogP contribution in [0.15, 0.2) is 24.5 Å². The number of likely N-dealkylation sites (tertiary alicyclic amines) is 1. The number of aromatic nitrogens is 1. The van der Waals surface area contributed by atoms with E-state index in [1.54, 1.807) is 0 Å². The van der Waals surface area contributed by atoms with Crippen molar-refractivity contribution in [2.45, 2.75) is 31.8 Å². The zero-order chi connectivity index (χ0) is 10.5. The minimum absolute atomic E-state index is 0.556. The number of rotatable bonds is 3. The molecule has 2 rings (SSSR count). The summed E-state index contributed by atoms with van der Waals surface area (Å²) in [5.41, 5.74) is 1.29. The molecule has 0 N–H and O–H groups in total. The van der Waals surface area contributed by atoms with E-state index in [0.717, 1.165) is 12.4 Å². The lowest BCUT2D eigenvalue weighted by molar-refractivity contribution is 0.155. The Balaban J connectivity index is 1.97. The predicted molar refractivity (Wildman–Crippen MR) is 63.0 cm³/mol. The Bertz CT molecular complexity index is 289. The van der Waals surface area contributed by atoms with E-state index in [1.165, 1.54) is 31.4 Å². The summed E-state index contributed by atoms with van der Waals surface area (Å²) in [7, 11) is 0. The molecule has 3 heteroatoms. The van der Waals surface area contributed by atoms with Crippen LogP contribution in [0.2, 0.25) is 0 Å². The van der Waals surface area contributed by atoms with Crippen LogP contribution in [0.3, 0.4) is 0 Å². The van der Waals surface area contributed by atoms with Crippen LogP contribution in [-0.4, -0.2) is 28.4 Å². The molecule has 1 atom stereocenters. The second-order valence-electron chi connectivity index (χ2n) is 4.14.